The molecule has 11 heteroatoms. The van der Waals surface area contributed by atoms with Crippen LogP contribution in [0.3, 0.4) is 0 Å². The molecule has 9 nitrogen and oxygen atoms in total. The van der Waals surface area contributed by atoms with Crippen LogP contribution in [0.2, 0.25) is 0 Å². The van der Waals surface area contributed by atoms with Crippen LogP contribution in [-0.4, -0.2) is 63.9 Å². The Morgan fingerprint density at radius 3 is 2.10 bits per heavy atom. The third-order valence-electron chi connectivity index (χ3n) is 4.92. The van der Waals surface area contributed by atoms with E-state index in [1.165, 1.54) is 33.8 Å². The van der Waals surface area contributed by atoms with E-state index in [4.69, 9.17) is 0 Å². The summed E-state index contributed by atoms with van der Waals surface area (Å²) in [5.74, 6) is -1.71. The predicted molar refractivity (Wildman–Crippen MR) is 113 cm³/mol. The summed E-state index contributed by atoms with van der Waals surface area (Å²) < 4.78 is 36.9. The highest BCUT2D eigenvalue weighted by atomic mass is 32.2. The molecule has 0 radical (unpaired) electrons. The van der Waals surface area contributed by atoms with E-state index < -0.39 is 22.0 Å². The van der Waals surface area contributed by atoms with Gasteiger partial charge in [-0.25, -0.2) is 18.0 Å². The second-order valence-corrected chi connectivity index (χ2v) is 9.74. The molecule has 2 aromatic rings. The number of nitrogens with zero attached hydrogens (tertiary/aromatic N) is 1. The Labute approximate surface area is 184 Å². The highest BCUT2D eigenvalue weighted by molar-refractivity contribution is 7.89. The molecule has 1 aromatic heterocycles. The van der Waals surface area contributed by atoms with Crippen molar-refractivity contribution in [1.82, 2.24) is 9.62 Å². The molecule has 3 rings (SSSR count). The lowest BCUT2D eigenvalue weighted by atomic mass is 10.1. The van der Waals surface area contributed by atoms with Crippen LogP contribution in [0, 0.1) is 0 Å². The number of carbonyl (C=O) groups is 3. The Morgan fingerprint density at radius 2 is 1.61 bits per heavy atom. The summed E-state index contributed by atoms with van der Waals surface area (Å²) in [7, 11) is -1.65. The van der Waals surface area contributed by atoms with Crippen LogP contribution in [0.15, 0.2) is 40.6 Å². The molecule has 31 heavy (non-hydrogen) atoms. The van der Waals surface area contributed by atoms with Gasteiger partial charge in [0.25, 0.3) is 5.91 Å². The number of esters is 2. The molecule has 0 atom stereocenters. The first-order valence-corrected chi connectivity index (χ1v) is 11.7. The first-order chi connectivity index (χ1) is 14.8. The number of thiophene rings is 1. The van der Waals surface area contributed by atoms with Crippen molar-refractivity contribution in [2.75, 3.05) is 27.3 Å². The minimum Gasteiger partial charge on any atom is -0.465 e. The molecular formula is C20H22N2O7S2. The SMILES string of the molecule is COC(=O)c1cc(C(=O)OC)cc(S(=O)(=O)N2CCC(NC(=O)c3cccs3)CC2)c1. The van der Waals surface area contributed by atoms with Crippen LogP contribution in [0.1, 0.15) is 43.2 Å². The summed E-state index contributed by atoms with van der Waals surface area (Å²) in [6.45, 7) is 0.376. The minimum absolute atomic E-state index is 0.0675. The van der Waals surface area contributed by atoms with Gasteiger partial charge in [0.1, 0.15) is 0 Å². The van der Waals surface area contributed by atoms with Crippen LogP contribution in [0.4, 0.5) is 0 Å². The highest BCUT2D eigenvalue weighted by Crippen LogP contribution is 2.24. The maximum absolute atomic E-state index is 13.2. The molecule has 0 unspecified atom stereocenters. The zero-order valence-electron chi connectivity index (χ0n) is 17.0. The Bertz CT molecular complexity index is 1040. The van der Waals surface area contributed by atoms with E-state index in [9.17, 15) is 22.8 Å². The minimum atomic E-state index is -3.98. The zero-order valence-corrected chi connectivity index (χ0v) is 18.6. The molecule has 0 spiro atoms. The zero-order chi connectivity index (χ0) is 22.6. The van der Waals surface area contributed by atoms with Crippen LogP contribution >= 0.6 is 11.3 Å². The number of hydrogen-bond donors (Lipinski definition) is 1. The molecule has 1 saturated heterocycles. The van der Waals surface area contributed by atoms with Crippen molar-refractivity contribution in [3.63, 3.8) is 0 Å². The highest BCUT2D eigenvalue weighted by Gasteiger charge is 2.31. The van der Waals surface area contributed by atoms with Crippen LogP contribution < -0.4 is 5.32 Å². The van der Waals surface area contributed by atoms with E-state index in [1.807, 2.05) is 5.38 Å². The van der Waals surface area contributed by atoms with Gasteiger partial charge in [-0.05, 0) is 42.5 Å². The monoisotopic (exact) mass is 466 g/mol. The molecule has 166 valence electrons. The first kappa shape index (κ1) is 22.9. The largest absolute Gasteiger partial charge is 0.465 e. The van der Waals surface area contributed by atoms with Crippen LogP contribution in [0.25, 0.3) is 0 Å². The molecule has 0 bridgehead atoms. The first-order valence-electron chi connectivity index (χ1n) is 9.42. The molecule has 2 heterocycles. The Kier molecular flexibility index (Phi) is 7.08. The number of rotatable bonds is 6. The van der Waals surface area contributed by atoms with Crippen molar-refractivity contribution in [2.45, 2.75) is 23.8 Å². The van der Waals surface area contributed by atoms with E-state index in [-0.39, 0.29) is 41.1 Å². The maximum atomic E-state index is 13.2. The molecule has 0 aliphatic carbocycles. The average molecular weight is 467 g/mol. The number of amides is 1. The fraction of sp³-hybridized carbons (Fsp3) is 0.350. The van der Waals surface area contributed by atoms with Crippen molar-refractivity contribution >= 4 is 39.2 Å². The lowest BCUT2D eigenvalue weighted by molar-refractivity contribution is 0.0598. The quantitative estimate of drug-likeness (QED) is 0.646. The van der Waals surface area contributed by atoms with Gasteiger partial charge >= 0.3 is 11.9 Å². The number of carbonyl (C=O) groups excluding carboxylic acids is 3. The smallest absolute Gasteiger partial charge is 0.337 e. The number of sulfonamides is 1. The number of methoxy groups -OCH3 is 2. The number of hydrogen-bond acceptors (Lipinski definition) is 8. The molecular weight excluding hydrogens is 444 g/mol. The third-order valence-corrected chi connectivity index (χ3v) is 7.67. The van der Waals surface area contributed by atoms with Crippen molar-refractivity contribution in [3.8, 4) is 0 Å². The second-order valence-electron chi connectivity index (χ2n) is 6.86. The van der Waals surface area contributed by atoms with E-state index in [0.29, 0.717) is 17.7 Å². The van der Waals surface area contributed by atoms with Crippen molar-refractivity contribution < 1.29 is 32.3 Å². The number of piperidine rings is 1. The summed E-state index contributed by atoms with van der Waals surface area (Å²) in [5.41, 5.74) is -0.135. The maximum Gasteiger partial charge on any atom is 0.337 e. The van der Waals surface area contributed by atoms with Gasteiger partial charge in [0.15, 0.2) is 0 Å². The summed E-state index contributed by atoms with van der Waals surface area (Å²) in [4.78, 5) is 36.5. The van der Waals surface area contributed by atoms with Crippen LogP contribution in [0.5, 0.6) is 0 Å². The van der Waals surface area contributed by atoms with Gasteiger partial charge in [-0.3, -0.25) is 4.79 Å². The van der Waals surface area contributed by atoms with Gasteiger partial charge < -0.3 is 14.8 Å². The number of benzene rings is 1. The van der Waals surface area contributed by atoms with Gasteiger partial charge in [-0.2, -0.15) is 4.31 Å². The average Bonchev–Trinajstić information content (AvgIpc) is 3.33. The third kappa shape index (κ3) is 5.12. The van der Waals surface area contributed by atoms with Crippen molar-refractivity contribution in [2.24, 2.45) is 0 Å². The predicted octanol–water partition coefficient (Wildman–Crippen LogP) is 1.90. The van der Waals surface area contributed by atoms with Gasteiger partial charge in [0, 0.05) is 19.1 Å². The summed E-state index contributed by atoms with van der Waals surface area (Å²) >= 11 is 1.34. The normalized spacial score (nSPS) is 15.3. The number of ether oxygens (including phenoxy) is 2. The Balaban J connectivity index is 1.76. The molecule has 1 fully saturated rings. The van der Waals surface area contributed by atoms with Gasteiger partial charge in [0.05, 0.1) is 35.1 Å². The standard InChI is InChI=1S/C20H22N2O7S2/c1-28-19(24)13-10-14(20(25)29-2)12-16(11-13)31(26,27)22-7-5-15(6-8-22)21-18(23)17-4-3-9-30-17/h3-4,9-12,15H,5-8H2,1-2H3,(H,21,23). The molecule has 1 amide bonds. The number of nitrogens with one attached hydrogen (secondary N) is 1. The van der Waals surface area contributed by atoms with E-state index in [1.54, 1.807) is 12.1 Å². The fourth-order valence-electron chi connectivity index (χ4n) is 3.27. The lowest BCUT2D eigenvalue weighted by Crippen LogP contribution is -2.46. The van der Waals surface area contributed by atoms with E-state index in [0.717, 1.165) is 14.2 Å². The van der Waals surface area contributed by atoms with Crippen molar-refractivity contribution in [3.05, 3.63) is 51.7 Å². The molecule has 1 aliphatic rings. The van der Waals surface area contributed by atoms with E-state index in [2.05, 4.69) is 14.8 Å². The molecule has 0 saturated carbocycles. The van der Waals surface area contributed by atoms with Gasteiger partial charge in [-0.1, -0.05) is 6.07 Å². The second kappa shape index (κ2) is 9.58. The summed E-state index contributed by atoms with van der Waals surface area (Å²) in [5, 5.41) is 4.74. The molecule has 1 N–H and O–H groups in total. The Morgan fingerprint density at radius 1 is 1.03 bits per heavy atom. The topological polar surface area (TPSA) is 119 Å². The summed E-state index contributed by atoms with van der Waals surface area (Å²) in [6.07, 6.45) is 0.883. The van der Waals surface area contributed by atoms with Crippen LogP contribution in [-0.2, 0) is 19.5 Å². The van der Waals surface area contributed by atoms with Gasteiger partial charge in [-0.15, -0.1) is 11.3 Å². The fourth-order valence-corrected chi connectivity index (χ4v) is 5.44. The Hall–Kier alpha value is -2.76. The summed E-state index contributed by atoms with van der Waals surface area (Å²) in [6, 6.07) is 6.96. The van der Waals surface area contributed by atoms with Gasteiger partial charge in [0.2, 0.25) is 10.0 Å². The molecule has 1 aromatic carbocycles. The van der Waals surface area contributed by atoms with Crippen molar-refractivity contribution in [1.29, 1.82) is 0 Å². The lowest BCUT2D eigenvalue weighted by Gasteiger charge is -2.31. The van der Waals surface area contributed by atoms with E-state index >= 15 is 0 Å². The molecule has 1 aliphatic heterocycles.